The lowest BCUT2D eigenvalue weighted by molar-refractivity contribution is -0.146. The van der Waals surface area contributed by atoms with Crippen LogP contribution in [0.4, 0.5) is 0 Å². The summed E-state index contributed by atoms with van der Waals surface area (Å²) in [4.78, 5) is 11.0. The number of rotatable bonds is 5. The lowest BCUT2D eigenvalue weighted by Gasteiger charge is -2.34. The van der Waals surface area contributed by atoms with Gasteiger partial charge in [0.25, 0.3) is 0 Å². The van der Waals surface area contributed by atoms with Crippen LogP contribution in [0.2, 0.25) is 0 Å². The zero-order valence-electron chi connectivity index (χ0n) is 8.41. The average Bonchev–Trinajstić information content (AvgIpc) is 2.01. The van der Waals surface area contributed by atoms with E-state index in [0.717, 1.165) is 19.4 Å². The van der Waals surface area contributed by atoms with Crippen molar-refractivity contribution in [1.82, 2.24) is 0 Å². The van der Waals surface area contributed by atoms with Gasteiger partial charge in [0.15, 0.2) is 0 Å². The highest BCUT2D eigenvalue weighted by Gasteiger charge is 2.31. The van der Waals surface area contributed by atoms with Gasteiger partial charge in [-0.1, -0.05) is 0 Å². The molecule has 0 saturated heterocycles. The molecule has 1 rings (SSSR count). The first kappa shape index (κ1) is 10.5. The van der Waals surface area contributed by atoms with Gasteiger partial charge in [-0.3, -0.25) is 4.79 Å². The van der Waals surface area contributed by atoms with E-state index in [1.54, 1.807) is 0 Å². The fourth-order valence-electron chi connectivity index (χ4n) is 1.67. The maximum Gasteiger partial charge on any atom is 0.306 e. The lowest BCUT2D eigenvalue weighted by atomic mass is 9.80. The van der Waals surface area contributed by atoms with Gasteiger partial charge in [-0.2, -0.15) is 0 Å². The summed E-state index contributed by atoms with van der Waals surface area (Å²) in [6.07, 6.45) is 3.00. The summed E-state index contributed by atoms with van der Waals surface area (Å²) >= 11 is 0. The second-order valence-electron chi connectivity index (χ2n) is 3.42. The van der Waals surface area contributed by atoms with Crippen molar-refractivity contribution in [3.8, 4) is 0 Å². The second kappa shape index (κ2) is 5.22. The molecule has 0 bridgehead atoms. The topological polar surface area (TPSA) is 35.5 Å². The van der Waals surface area contributed by atoms with Crippen molar-refractivity contribution >= 4 is 5.97 Å². The van der Waals surface area contributed by atoms with Crippen LogP contribution in [0.15, 0.2) is 0 Å². The van der Waals surface area contributed by atoms with Crippen LogP contribution in [-0.2, 0) is 14.3 Å². The van der Waals surface area contributed by atoms with Crippen LogP contribution in [0, 0.1) is 5.92 Å². The van der Waals surface area contributed by atoms with Gasteiger partial charge in [-0.25, -0.2) is 0 Å². The Hall–Kier alpha value is -0.570. The van der Waals surface area contributed by atoms with E-state index in [0.29, 0.717) is 25.0 Å². The Morgan fingerprint density at radius 1 is 1.31 bits per heavy atom. The lowest BCUT2D eigenvalue weighted by Crippen LogP contribution is -2.33. The molecule has 0 N–H and O–H groups in total. The van der Waals surface area contributed by atoms with Crippen molar-refractivity contribution in [3.63, 3.8) is 0 Å². The molecule has 76 valence electrons. The summed E-state index contributed by atoms with van der Waals surface area (Å²) in [5.74, 6) is 0.429. The Labute approximate surface area is 79.4 Å². The molecule has 1 saturated carbocycles. The molecule has 0 aromatic carbocycles. The van der Waals surface area contributed by atoms with E-state index < -0.39 is 0 Å². The number of esters is 1. The molecular formula is C10H18O3. The Morgan fingerprint density at radius 3 is 2.54 bits per heavy atom. The van der Waals surface area contributed by atoms with Gasteiger partial charge in [-0.05, 0) is 32.6 Å². The Bertz CT molecular complexity index is 162. The van der Waals surface area contributed by atoms with Crippen molar-refractivity contribution in [3.05, 3.63) is 0 Å². The van der Waals surface area contributed by atoms with Crippen LogP contribution in [0.3, 0.4) is 0 Å². The summed E-state index contributed by atoms with van der Waals surface area (Å²) in [7, 11) is 0. The van der Waals surface area contributed by atoms with E-state index in [2.05, 4.69) is 0 Å². The van der Waals surface area contributed by atoms with Crippen LogP contribution in [-0.4, -0.2) is 25.3 Å². The van der Waals surface area contributed by atoms with Gasteiger partial charge < -0.3 is 9.47 Å². The molecule has 1 aliphatic carbocycles. The Kier molecular flexibility index (Phi) is 4.22. The first-order chi connectivity index (χ1) is 6.26. The largest absolute Gasteiger partial charge is 0.466 e. The molecule has 0 aromatic heterocycles. The third-order valence-electron chi connectivity index (χ3n) is 2.36. The van der Waals surface area contributed by atoms with E-state index in [1.165, 1.54) is 0 Å². The SMILES string of the molecule is CCOC(=O)CC1CC(OCC)C1. The fraction of sp³-hybridized carbons (Fsp3) is 0.900. The molecule has 0 aromatic rings. The third kappa shape index (κ3) is 3.35. The van der Waals surface area contributed by atoms with E-state index in [4.69, 9.17) is 9.47 Å². The molecule has 0 unspecified atom stereocenters. The molecule has 0 atom stereocenters. The molecule has 1 fully saturated rings. The van der Waals surface area contributed by atoms with Crippen molar-refractivity contribution < 1.29 is 14.3 Å². The standard InChI is InChI=1S/C10H18O3/c1-3-12-9-5-8(6-9)7-10(11)13-4-2/h8-9H,3-7H2,1-2H3. The summed E-state index contributed by atoms with van der Waals surface area (Å²) in [5.41, 5.74) is 0. The van der Waals surface area contributed by atoms with Gasteiger partial charge in [0, 0.05) is 13.0 Å². The van der Waals surface area contributed by atoms with Crippen molar-refractivity contribution in [1.29, 1.82) is 0 Å². The minimum Gasteiger partial charge on any atom is -0.466 e. The summed E-state index contributed by atoms with van der Waals surface area (Å²) in [5, 5.41) is 0. The zero-order chi connectivity index (χ0) is 9.68. The van der Waals surface area contributed by atoms with Gasteiger partial charge in [0.2, 0.25) is 0 Å². The van der Waals surface area contributed by atoms with Gasteiger partial charge in [0.1, 0.15) is 0 Å². The van der Waals surface area contributed by atoms with E-state index in [9.17, 15) is 4.79 Å². The number of carbonyl (C=O) groups excluding carboxylic acids is 1. The van der Waals surface area contributed by atoms with Crippen LogP contribution < -0.4 is 0 Å². The van der Waals surface area contributed by atoms with Crippen LogP contribution >= 0.6 is 0 Å². The summed E-state index contributed by atoms with van der Waals surface area (Å²) < 4.78 is 10.3. The smallest absolute Gasteiger partial charge is 0.306 e. The van der Waals surface area contributed by atoms with Crippen LogP contribution in [0.1, 0.15) is 33.1 Å². The highest BCUT2D eigenvalue weighted by atomic mass is 16.5. The Morgan fingerprint density at radius 2 is 2.00 bits per heavy atom. The van der Waals surface area contributed by atoms with Gasteiger partial charge in [-0.15, -0.1) is 0 Å². The first-order valence-electron chi connectivity index (χ1n) is 5.03. The number of carbonyl (C=O) groups is 1. The molecule has 0 radical (unpaired) electrons. The normalized spacial score (nSPS) is 26.6. The molecule has 0 spiro atoms. The second-order valence-corrected chi connectivity index (χ2v) is 3.42. The predicted octanol–water partition coefficient (Wildman–Crippen LogP) is 1.75. The maximum absolute atomic E-state index is 11.0. The minimum absolute atomic E-state index is 0.0672. The van der Waals surface area contributed by atoms with Crippen molar-refractivity contribution in [2.45, 2.75) is 39.2 Å². The first-order valence-corrected chi connectivity index (χ1v) is 5.03. The average molecular weight is 186 g/mol. The van der Waals surface area contributed by atoms with Crippen LogP contribution in [0.25, 0.3) is 0 Å². The summed E-state index contributed by atoms with van der Waals surface area (Å²) in [6.45, 7) is 5.09. The predicted molar refractivity (Wildman–Crippen MR) is 49.4 cm³/mol. The third-order valence-corrected chi connectivity index (χ3v) is 2.36. The number of ether oxygens (including phenoxy) is 2. The molecule has 0 amide bonds. The fourth-order valence-corrected chi connectivity index (χ4v) is 1.67. The van der Waals surface area contributed by atoms with Crippen LogP contribution in [0.5, 0.6) is 0 Å². The zero-order valence-corrected chi connectivity index (χ0v) is 8.41. The molecule has 0 heterocycles. The maximum atomic E-state index is 11.0. The monoisotopic (exact) mass is 186 g/mol. The molecule has 3 heteroatoms. The highest BCUT2D eigenvalue weighted by Crippen LogP contribution is 2.32. The van der Waals surface area contributed by atoms with E-state index >= 15 is 0 Å². The van der Waals surface area contributed by atoms with E-state index in [1.807, 2.05) is 13.8 Å². The quantitative estimate of drug-likeness (QED) is 0.614. The molecular weight excluding hydrogens is 168 g/mol. The molecule has 1 aliphatic rings. The number of hydrogen-bond acceptors (Lipinski definition) is 3. The highest BCUT2D eigenvalue weighted by molar-refractivity contribution is 5.69. The molecule has 3 nitrogen and oxygen atoms in total. The van der Waals surface area contributed by atoms with Crippen molar-refractivity contribution in [2.24, 2.45) is 5.92 Å². The van der Waals surface area contributed by atoms with Gasteiger partial charge >= 0.3 is 5.97 Å². The molecule has 0 aliphatic heterocycles. The molecule has 13 heavy (non-hydrogen) atoms. The minimum atomic E-state index is -0.0672. The Balaban J connectivity index is 2.04. The number of hydrogen-bond donors (Lipinski definition) is 0. The summed E-state index contributed by atoms with van der Waals surface area (Å²) in [6, 6.07) is 0. The van der Waals surface area contributed by atoms with E-state index in [-0.39, 0.29) is 5.97 Å². The van der Waals surface area contributed by atoms with Crippen molar-refractivity contribution in [2.75, 3.05) is 13.2 Å². The van der Waals surface area contributed by atoms with Gasteiger partial charge in [0.05, 0.1) is 12.7 Å².